The first kappa shape index (κ1) is 15.2. The number of benzene rings is 1. The lowest BCUT2D eigenvalue weighted by atomic mass is 10.1. The summed E-state index contributed by atoms with van der Waals surface area (Å²) in [6.45, 7) is 3.19. The molecule has 5 nitrogen and oxygen atoms in total. The van der Waals surface area contributed by atoms with Crippen molar-refractivity contribution < 1.29 is 9.59 Å². The summed E-state index contributed by atoms with van der Waals surface area (Å²) in [6, 6.07) is 7.16. The lowest BCUT2D eigenvalue weighted by molar-refractivity contribution is -0.119. The molecule has 2 amide bonds. The van der Waals surface area contributed by atoms with Crippen LogP contribution in [0.5, 0.6) is 0 Å². The molecule has 0 spiro atoms. The summed E-state index contributed by atoms with van der Waals surface area (Å²) < 4.78 is 0. The van der Waals surface area contributed by atoms with Crippen LogP contribution in [0.1, 0.15) is 35.7 Å². The third-order valence-electron chi connectivity index (χ3n) is 2.71. The molecule has 0 unspecified atom stereocenters. The first-order chi connectivity index (χ1) is 9.17. The summed E-state index contributed by atoms with van der Waals surface area (Å²) >= 11 is 0. The monoisotopic (exact) mass is 263 g/mol. The molecular weight excluding hydrogens is 242 g/mol. The molecule has 0 aliphatic heterocycles. The summed E-state index contributed by atoms with van der Waals surface area (Å²) in [5, 5.41) is 5.53. The largest absolute Gasteiger partial charge is 0.352 e. The van der Waals surface area contributed by atoms with Crippen LogP contribution in [-0.4, -0.2) is 24.9 Å². The minimum absolute atomic E-state index is 0.0160. The predicted molar refractivity (Wildman–Crippen MR) is 74.6 cm³/mol. The van der Waals surface area contributed by atoms with Gasteiger partial charge in [-0.15, -0.1) is 0 Å². The van der Waals surface area contributed by atoms with Crippen molar-refractivity contribution in [2.45, 2.75) is 26.3 Å². The van der Waals surface area contributed by atoms with Crippen molar-refractivity contribution >= 4 is 11.8 Å². The summed E-state index contributed by atoms with van der Waals surface area (Å²) in [5.74, 6) is -0.257. The second-order valence-corrected chi connectivity index (χ2v) is 4.29. The van der Waals surface area contributed by atoms with Crippen LogP contribution in [0.3, 0.4) is 0 Å². The van der Waals surface area contributed by atoms with Gasteiger partial charge in [0.15, 0.2) is 0 Å². The van der Waals surface area contributed by atoms with Crippen molar-refractivity contribution in [1.82, 2.24) is 10.6 Å². The highest BCUT2D eigenvalue weighted by Crippen LogP contribution is 2.04. The van der Waals surface area contributed by atoms with E-state index >= 15 is 0 Å². The molecule has 0 aliphatic rings. The Kier molecular flexibility index (Phi) is 6.60. The van der Waals surface area contributed by atoms with Crippen molar-refractivity contribution in [2.75, 3.05) is 13.1 Å². The Hall–Kier alpha value is -1.88. The van der Waals surface area contributed by atoms with Crippen LogP contribution in [0, 0.1) is 0 Å². The fourth-order valence-corrected chi connectivity index (χ4v) is 1.53. The molecular formula is C14H21N3O2. The van der Waals surface area contributed by atoms with Gasteiger partial charge in [-0.1, -0.05) is 25.5 Å². The van der Waals surface area contributed by atoms with E-state index in [9.17, 15) is 9.59 Å². The van der Waals surface area contributed by atoms with Crippen molar-refractivity contribution in [1.29, 1.82) is 0 Å². The maximum atomic E-state index is 11.7. The molecule has 104 valence electrons. The molecule has 0 fully saturated rings. The second-order valence-electron chi connectivity index (χ2n) is 4.29. The Morgan fingerprint density at radius 2 is 1.84 bits per heavy atom. The number of rotatable bonds is 7. The van der Waals surface area contributed by atoms with Crippen LogP contribution in [0.15, 0.2) is 24.3 Å². The van der Waals surface area contributed by atoms with Gasteiger partial charge in [0.1, 0.15) is 0 Å². The molecule has 0 atom stereocenters. The number of nitrogens with two attached hydrogens (primary N) is 1. The first-order valence-corrected chi connectivity index (χ1v) is 6.51. The van der Waals surface area contributed by atoms with Gasteiger partial charge in [-0.3, -0.25) is 9.59 Å². The van der Waals surface area contributed by atoms with Crippen molar-refractivity contribution in [2.24, 2.45) is 5.73 Å². The van der Waals surface area contributed by atoms with E-state index < -0.39 is 0 Å². The predicted octanol–water partition coefficient (Wildman–Crippen LogP) is 0.791. The number of carbonyl (C=O) groups is 2. The van der Waals surface area contributed by atoms with Gasteiger partial charge in [-0.2, -0.15) is 0 Å². The normalized spacial score (nSPS) is 10.0. The zero-order valence-electron chi connectivity index (χ0n) is 11.2. The van der Waals surface area contributed by atoms with E-state index in [1.54, 1.807) is 12.1 Å². The van der Waals surface area contributed by atoms with Gasteiger partial charge in [-0.05, 0) is 24.1 Å². The molecule has 0 aliphatic carbocycles. The van der Waals surface area contributed by atoms with E-state index in [1.807, 2.05) is 12.1 Å². The van der Waals surface area contributed by atoms with Crippen LogP contribution >= 0.6 is 0 Å². The number of nitrogens with one attached hydrogen (secondary N) is 2. The smallest absolute Gasteiger partial charge is 0.251 e. The van der Waals surface area contributed by atoms with E-state index in [1.165, 1.54) is 0 Å². The lowest BCUT2D eigenvalue weighted by Crippen LogP contribution is -2.29. The number of amides is 2. The molecule has 0 radical (unpaired) electrons. The van der Waals surface area contributed by atoms with Gasteiger partial charge in [0.05, 0.1) is 6.54 Å². The number of hydrogen-bond donors (Lipinski definition) is 3. The molecule has 0 saturated heterocycles. The Morgan fingerprint density at radius 3 is 2.42 bits per heavy atom. The average Bonchev–Trinajstić information content (AvgIpc) is 2.45. The van der Waals surface area contributed by atoms with Gasteiger partial charge in [0.25, 0.3) is 5.91 Å². The third kappa shape index (κ3) is 5.52. The van der Waals surface area contributed by atoms with E-state index in [0.717, 1.165) is 18.4 Å². The molecule has 0 heterocycles. The second kappa shape index (κ2) is 8.26. The topological polar surface area (TPSA) is 84.2 Å². The van der Waals surface area contributed by atoms with Crippen LogP contribution in [0.4, 0.5) is 0 Å². The van der Waals surface area contributed by atoms with Crippen LogP contribution < -0.4 is 16.4 Å². The van der Waals surface area contributed by atoms with E-state index in [2.05, 4.69) is 17.6 Å². The van der Waals surface area contributed by atoms with Gasteiger partial charge >= 0.3 is 0 Å². The van der Waals surface area contributed by atoms with Gasteiger partial charge in [-0.25, -0.2) is 0 Å². The Labute approximate surface area is 113 Å². The van der Waals surface area contributed by atoms with Crippen molar-refractivity contribution in [3.05, 3.63) is 35.4 Å². The zero-order valence-corrected chi connectivity index (χ0v) is 11.2. The fourth-order valence-electron chi connectivity index (χ4n) is 1.53. The molecule has 1 aromatic carbocycles. The highest BCUT2D eigenvalue weighted by molar-refractivity contribution is 5.94. The molecule has 19 heavy (non-hydrogen) atoms. The third-order valence-corrected chi connectivity index (χ3v) is 2.71. The van der Waals surface area contributed by atoms with Crippen LogP contribution in [0.25, 0.3) is 0 Å². The number of unbranched alkanes of at least 4 members (excludes halogenated alkanes) is 1. The standard InChI is InChI=1S/C14H21N3O2/c1-2-3-8-16-14(19)12-6-4-11(5-7-12)10-17-13(18)9-15/h4-7H,2-3,8-10,15H2,1H3,(H,16,19)(H,17,18). The molecule has 1 aromatic rings. The Bertz CT molecular complexity index is 415. The van der Waals surface area contributed by atoms with Crippen LogP contribution in [-0.2, 0) is 11.3 Å². The fraction of sp³-hybridized carbons (Fsp3) is 0.429. The summed E-state index contributed by atoms with van der Waals surface area (Å²) in [7, 11) is 0. The summed E-state index contributed by atoms with van der Waals surface area (Å²) in [4.78, 5) is 22.8. The lowest BCUT2D eigenvalue weighted by Gasteiger charge is -2.06. The molecule has 0 aromatic heterocycles. The Morgan fingerprint density at radius 1 is 1.16 bits per heavy atom. The molecule has 4 N–H and O–H groups in total. The minimum atomic E-state index is -0.193. The van der Waals surface area contributed by atoms with Gasteiger partial charge in [0.2, 0.25) is 5.91 Å². The van der Waals surface area contributed by atoms with E-state index in [0.29, 0.717) is 18.7 Å². The first-order valence-electron chi connectivity index (χ1n) is 6.51. The SMILES string of the molecule is CCCCNC(=O)c1ccc(CNC(=O)CN)cc1. The highest BCUT2D eigenvalue weighted by Gasteiger charge is 2.04. The van der Waals surface area contributed by atoms with Crippen LogP contribution in [0.2, 0.25) is 0 Å². The minimum Gasteiger partial charge on any atom is -0.352 e. The summed E-state index contributed by atoms with van der Waals surface area (Å²) in [6.07, 6.45) is 2.04. The van der Waals surface area contributed by atoms with E-state index in [4.69, 9.17) is 5.73 Å². The van der Waals surface area contributed by atoms with E-state index in [-0.39, 0.29) is 18.4 Å². The number of carbonyl (C=O) groups excluding carboxylic acids is 2. The van der Waals surface area contributed by atoms with Crippen molar-refractivity contribution in [3.63, 3.8) is 0 Å². The average molecular weight is 263 g/mol. The summed E-state index contributed by atoms with van der Waals surface area (Å²) in [5.41, 5.74) is 6.76. The Balaban J connectivity index is 2.46. The van der Waals surface area contributed by atoms with Gasteiger partial charge in [0, 0.05) is 18.7 Å². The zero-order chi connectivity index (χ0) is 14.1. The quantitative estimate of drug-likeness (QED) is 0.636. The molecule has 0 bridgehead atoms. The molecule has 1 rings (SSSR count). The highest BCUT2D eigenvalue weighted by atomic mass is 16.2. The maximum Gasteiger partial charge on any atom is 0.251 e. The van der Waals surface area contributed by atoms with Crippen molar-refractivity contribution in [3.8, 4) is 0 Å². The van der Waals surface area contributed by atoms with Gasteiger partial charge < -0.3 is 16.4 Å². The molecule has 5 heteroatoms. The maximum absolute atomic E-state index is 11.7. The molecule has 0 saturated carbocycles. The number of hydrogen-bond acceptors (Lipinski definition) is 3.